The van der Waals surface area contributed by atoms with Crippen molar-refractivity contribution in [3.05, 3.63) is 59.7 Å². The van der Waals surface area contributed by atoms with E-state index in [0.717, 1.165) is 44.5 Å². The Kier molecular flexibility index (Phi) is 2.37. The van der Waals surface area contributed by atoms with Crippen molar-refractivity contribution in [1.82, 2.24) is 4.57 Å². The van der Waals surface area contributed by atoms with Gasteiger partial charge in [-0.25, -0.2) is 0 Å². The molecule has 3 heteroatoms. The normalized spacial score (nSPS) is 15.7. The minimum Gasteiger partial charge on any atom is -0.454 e. The topological polar surface area (TPSA) is 35.1 Å². The molecule has 1 aliphatic carbocycles. The lowest BCUT2D eigenvalue weighted by atomic mass is 9.72. The number of furan rings is 1. The first-order chi connectivity index (χ1) is 11.5. The van der Waals surface area contributed by atoms with E-state index in [-0.39, 0.29) is 5.78 Å². The Morgan fingerprint density at radius 1 is 0.958 bits per heavy atom. The number of ketones is 1. The van der Waals surface area contributed by atoms with Gasteiger partial charge in [-0.05, 0) is 26.0 Å². The highest BCUT2D eigenvalue weighted by Gasteiger charge is 2.45. The molecule has 0 bridgehead atoms. The van der Waals surface area contributed by atoms with Crippen LogP contribution in [0.15, 0.2) is 52.9 Å². The van der Waals surface area contributed by atoms with Gasteiger partial charge in [-0.2, -0.15) is 0 Å². The first kappa shape index (κ1) is 13.6. The molecule has 2 aromatic carbocycles. The summed E-state index contributed by atoms with van der Waals surface area (Å²) >= 11 is 0. The Morgan fingerprint density at radius 2 is 1.62 bits per heavy atom. The van der Waals surface area contributed by atoms with E-state index >= 15 is 0 Å². The van der Waals surface area contributed by atoms with Crippen molar-refractivity contribution in [3.8, 4) is 11.5 Å². The minimum atomic E-state index is -0.612. The molecule has 0 radical (unpaired) electrons. The summed E-state index contributed by atoms with van der Waals surface area (Å²) in [7, 11) is 2.00. The van der Waals surface area contributed by atoms with Crippen LogP contribution in [0.25, 0.3) is 33.3 Å². The summed E-state index contributed by atoms with van der Waals surface area (Å²) in [6.45, 7) is 4.00. The van der Waals surface area contributed by atoms with E-state index in [9.17, 15) is 4.79 Å². The Labute approximate surface area is 139 Å². The zero-order valence-corrected chi connectivity index (χ0v) is 13.9. The zero-order chi connectivity index (χ0) is 16.6. The van der Waals surface area contributed by atoms with Gasteiger partial charge in [0.2, 0.25) is 0 Å². The maximum absolute atomic E-state index is 13.4. The van der Waals surface area contributed by atoms with Crippen LogP contribution in [-0.4, -0.2) is 10.4 Å². The average Bonchev–Trinajstić information content (AvgIpc) is 3.10. The second-order valence-electron chi connectivity index (χ2n) is 7.06. The van der Waals surface area contributed by atoms with E-state index in [1.807, 2.05) is 63.4 Å². The summed E-state index contributed by atoms with van der Waals surface area (Å²) in [5, 5.41) is 2.03. The number of benzene rings is 2. The lowest BCUT2D eigenvalue weighted by Crippen LogP contribution is -2.33. The van der Waals surface area contributed by atoms with Crippen molar-refractivity contribution < 1.29 is 9.21 Å². The van der Waals surface area contributed by atoms with Crippen LogP contribution >= 0.6 is 0 Å². The van der Waals surface area contributed by atoms with Crippen molar-refractivity contribution in [2.75, 3.05) is 0 Å². The van der Waals surface area contributed by atoms with E-state index in [0.29, 0.717) is 0 Å². The predicted molar refractivity (Wildman–Crippen MR) is 95.5 cm³/mol. The number of carbonyl (C=O) groups is 1. The highest BCUT2D eigenvalue weighted by Crippen LogP contribution is 2.50. The molecule has 2 heterocycles. The summed E-state index contributed by atoms with van der Waals surface area (Å²) in [5.41, 5.74) is 3.96. The van der Waals surface area contributed by atoms with Crippen LogP contribution in [0.2, 0.25) is 0 Å². The molecule has 0 N–H and O–H groups in total. The monoisotopic (exact) mass is 315 g/mol. The van der Waals surface area contributed by atoms with Crippen LogP contribution in [0.3, 0.4) is 0 Å². The highest BCUT2D eigenvalue weighted by molar-refractivity contribution is 6.21. The van der Waals surface area contributed by atoms with Gasteiger partial charge in [-0.15, -0.1) is 0 Å². The van der Waals surface area contributed by atoms with Gasteiger partial charge in [-0.3, -0.25) is 4.79 Å². The molecule has 3 nitrogen and oxygen atoms in total. The fourth-order valence-electron chi connectivity index (χ4n) is 4.15. The van der Waals surface area contributed by atoms with Crippen LogP contribution in [0.1, 0.15) is 29.8 Å². The third kappa shape index (κ3) is 1.41. The molecule has 1 aliphatic rings. The summed E-state index contributed by atoms with van der Waals surface area (Å²) in [6.07, 6.45) is 0. The molecular formula is C21H17NO2. The maximum Gasteiger partial charge on any atom is 0.175 e. The SMILES string of the molecule is Cn1c2c(c3ccccc31)C(=O)C(C)(C)c1c-2oc2ccccc12. The quantitative estimate of drug-likeness (QED) is 0.454. The molecule has 0 atom stereocenters. The van der Waals surface area contributed by atoms with Gasteiger partial charge < -0.3 is 8.98 Å². The lowest BCUT2D eigenvalue weighted by molar-refractivity contribution is 0.0908. The van der Waals surface area contributed by atoms with Gasteiger partial charge in [0.15, 0.2) is 11.5 Å². The van der Waals surface area contributed by atoms with E-state index < -0.39 is 5.41 Å². The molecule has 4 aromatic rings. The Balaban J connectivity index is 2.05. The van der Waals surface area contributed by atoms with Crippen molar-refractivity contribution in [3.63, 3.8) is 0 Å². The van der Waals surface area contributed by atoms with Gasteiger partial charge in [0, 0.05) is 28.9 Å². The number of nitrogens with zero attached hydrogens (tertiary/aromatic N) is 1. The Morgan fingerprint density at radius 3 is 2.42 bits per heavy atom. The van der Waals surface area contributed by atoms with Crippen molar-refractivity contribution in [1.29, 1.82) is 0 Å². The van der Waals surface area contributed by atoms with E-state index in [1.165, 1.54) is 0 Å². The molecule has 0 amide bonds. The average molecular weight is 315 g/mol. The fourth-order valence-corrected chi connectivity index (χ4v) is 4.15. The number of carbonyl (C=O) groups excluding carboxylic acids is 1. The number of Topliss-reactive ketones (excluding diaryl/α,β-unsaturated/α-hetero) is 1. The second kappa shape index (κ2) is 4.18. The molecular weight excluding hydrogens is 298 g/mol. The van der Waals surface area contributed by atoms with Gasteiger partial charge in [-0.1, -0.05) is 36.4 Å². The summed E-state index contributed by atoms with van der Waals surface area (Å²) < 4.78 is 8.32. The summed E-state index contributed by atoms with van der Waals surface area (Å²) in [4.78, 5) is 13.4. The molecule has 0 saturated carbocycles. The number of hydrogen-bond donors (Lipinski definition) is 0. The first-order valence-corrected chi connectivity index (χ1v) is 8.16. The van der Waals surface area contributed by atoms with Crippen LogP contribution in [0.4, 0.5) is 0 Å². The third-order valence-corrected chi connectivity index (χ3v) is 5.34. The molecule has 118 valence electrons. The van der Waals surface area contributed by atoms with Crippen LogP contribution in [0, 0.1) is 0 Å². The van der Waals surface area contributed by atoms with Gasteiger partial charge >= 0.3 is 0 Å². The smallest absolute Gasteiger partial charge is 0.175 e. The van der Waals surface area contributed by atoms with Crippen LogP contribution < -0.4 is 0 Å². The molecule has 24 heavy (non-hydrogen) atoms. The third-order valence-electron chi connectivity index (χ3n) is 5.34. The zero-order valence-electron chi connectivity index (χ0n) is 13.9. The highest BCUT2D eigenvalue weighted by atomic mass is 16.3. The van der Waals surface area contributed by atoms with E-state index in [1.54, 1.807) is 0 Å². The van der Waals surface area contributed by atoms with Gasteiger partial charge in [0.1, 0.15) is 5.58 Å². The van der Waals surface area contributed by atoms with Gasteiger partial charge in [0.25, 0.3) is 0 Å². The summed E-state index contributed by atoms with van der Waals surface area (Å²) in [6, 6.07) is 16.0. The molecule has 0 spiro atoms. The maximum atomic E-state index is 13.4. The molecule has 0 aliphatic heterocycles. The minimum absolute atomic E-state index is 0.161. The fraction of sp³-hybridized carbons (Fsp3) is 0.190. The number of hydrogen-bond acceptors (Lipinski definition) is 2. The van der Waals surface area contributed by atoms with Crippen molar-refractivity contribution >= 4 is 27.7 Å². The number of aryl methyl sites for hydroxylation is 1. The number of rotatable bonds is 0. The van der Waals surface area contributed by atoms with E-state index in [4.69, 9.17) is 4.42 Å². The number of aromatic nitrogens is 1. The van der Waals surface area contributed by atoms with Crippen LogP contribution in [0.5, 0.6) is 0 Å². The second-order valence-corrected chi connectivity index (χ2v) is 7.06. The largest absolute Gasteiger partial charge is 0.454 e. The standard InChI is InChI=1S/C21H17NO2/c1-21(2)17-13-9-5-7-11-15(13)24-19(17)18-16(20(21)23)12-8-4-6-10-14(12)22(18)3/h4-11H,1-3H3. The van der Waals surface area contributed by atoms with E-state index in [2.05, 4.69) is 10.6 Å². The molecule has 0 unspecified atom stereocenters. The Bertz CT molecular complexity index is 1160. The molecule has 2 aromatic heterocycles. The number of fused-ring (bicyclic) bond motifs is 7. The van der Waals surface area contributed by atoms with Crippen molar-refractivity contribution in [2.24, 2.45) is 7.05 Å². The van der Waals surface area contributed by atoms with Gasteiger partial charge in [0.05, 0.1) is 16.7 Å². The Hall–Kier alpha value is -2.81. The summed E-state index contributed by atoms with van der Waals surface area (Å²) in [5.74, 6) is 0.989. The lowest BCUT2D eigenvalue weighted by Gasteiger charge is -2.28. The molecule has 5 rings (SSSR count). The number of para-hydroxylation sites is 2. The van der Waals surface area contributed by atoms with Crippen LogP contribution in [-0.2, 0) is 12.5 Å². The van der Waals surface area contributed by atoms with Crippen molar-refractivity contribution in [2.45, 2.75) is 19.3 Å². The first-order valence-electron chi connectivity index (χ1n) is 8.16. The predicted octanol–water partition coefficient (Wildman–Crippen LogP) is 5.07. The molecule has 0 fully saturated rings. The molecule has 0 saturated heterocycles.